The van der Waals surface area contributed by atoms with Gasteiger partial charge in [-0.15, -0.1) is 0 Å². The first-order valence-corrected chi connectivity index (χ1v) is 14.0. The van der Waals surface area contributed by atoms with E-state index < -0.39 is 42.0 Å². The molecule has 11 heteroatoms. The fourth-order valence-corrected chi connectivity index (χ4v) is 6.40. The minimum absolute atomic E-state index is 0.0781. The van der Waals surface area contributed by atoms with Crippen LogP contribution in [-0.4, -0.2) is 61.9 Å². The van der Waals surface area contributed by atoms with E-state index in [0.29, 0.717) is 32.0 Å². The summed E-state index contributed by atoms with van der Waals surface area (Å²) < 4.78 is 98.5. The van der Waals surface area contributed by atoms with Crippen molar-refractivity contribution in [3.63, 3.8) is 0 Å². The van der Waals surface area contributed by atoms with Crippen LogP contribution in [0.25, 0.3) is 0 Å². The minimum Gasteiger partial charge on any atom is -0.390 e. The molecule has 5 atom stereocenters. The molecule has 3 saturated heterocycles. The van der Waals surface area contributed by atoms with E-state index in [1.807, 2.05) is 30.3 Å². The van der Waals surface area contributed by atoms with Crippen LogP contribution in [0.3, 0.4) is 0 Å². The quantitative estimate of drug-likeness (QED) is 0.396. The third-order valence-electron chi connectivity index (χ3n) is 8.89. The van der Waals surface area contributed by atoms with Crippen LogP contribution >= 0.6 is 0 Å². The van der Waals surface area contributed by atoms with Gasteiger partial charge in [-0.1, -0.05) is 30.3 Å². The summed E-state index contributed by atoms with van der Waals surface area (Å²) in [5.74, 6) is -0.203. The number of hydrogen-bond donors (Lipinski definition) is 1. The lowest BCUT2D eigenvalue weighted by atomic mass is 9.75. The molecule has 3 fully saturated rings. The third kappa shape index (κ3) is 6.74. The van der Waals surface area contributed by atoms with E-state index in [9.17, 15) is 31.4 Å². The number of alkyl halides is 6. The third-order valence-corrected chi connectivity index (χ3v) is 8.89. The summed E-state index contributed by atoms with van der Waals surface area (Å²) in [5.41, 5.74) is -2.24. The molecule has 1 spiro atoms. The van der Waals surface area contributed by atoms with Crippen LogP contribution in [0.5, 0.6) is 0 Å². The largest absolute Gasteiger partial charge is 0.416 e. The molecule has 3 aliphatic rings. The standard InChI is InChI=1S/C30H35F6NO4/c1-19(22-13-23(29(31,32)33)15-24(14-22)30(34,35)36)41-27-26(20-5-3-2-4-6-20)21(7-12-40-27)16-37-10-8-28(9-11-37)18-39-17-25(28)38/h2-6,13-15,19,21,25-27,38H,7-12,16-18H2,1H3/t19-,21+,25-,26+,27-/m1/s1. The Balaban J connectivity index is 1.36. The molecule has 0 aromatic heterocycles. The average Bonchev–Trinajstić information content (AvgIpc) is 3.28. The topological polar surface area (TPSA) is 51.2 Å². The molecule has 0 unspecified atom stereocenters. The molecule has 0 saturated carbocycles. The van der Waals surface area contributed by atoms with Gasteiger partial charge in [0, 0.05) is 17.9 Å². The first-order valence-electron chi connectivity index (χ1n) is 14.0. The van der Waals surface area contributed by atoms with Gasteiger partial charge < -0.3 is 24.2 Å². The SMILES string of the molecule is C[C@@H](O[C@H]1OCC[C@@H](CN2CCC3(CC2)COC[C@H]3O)[C@@H]1c1ccccc1)c1cc(C(F)(F)F)cc(C(F)(F)F)c1. The molecule has 1 N–H and O–H groups in total. The fourth-order valence-electron chi connectivity index (χ4n) is 6.40. The molecule has 5 rings (SSSR count). The molecule has 0 bridgehead atoms. The average molecular weight is 588 g/mol. The Hall–Kier alpha value is -2.18. The van der Waals surface area contributed by atoms with Gasteiger partial charge in [0.1, 0.15) is 0 Å². The van der Waals surface area contributed by atoms with Gasteiger partial charge in [0.2, 0.25) is 0 Å². The molecule has 3 aliphatic heterocycles. The Morgan fingerprint density at radius 1 is 1.00 bits per heavy atom. The van der Waals surface area contributed by atoms with Gasteiger partial charge >= 0.3 is 12.4 Å². The molecule has 0 aliphatic carbocycles. The van der Waals surface area contributed by atoms with E-state index in [2.05, 4.69) is 4.90 Å². The lowest BCUT2D eigenvalue weighted by molar-refractivity contribution is -0.210. The number of ether oxygens (including phenoxy) is 3. The van der Waals surface area contributed by atoms with Gasteiger partial charge in [0.25, 0.3) is 0 Å². The number of benzene rings is 2. The van der Waals surface area contributed by atoms with Crippen LogP contribution in [0.1, 0.15) is 60.5 Å². The zero-order valence-electron chi connectivity index (χ0n) is 22.8. The van der Waals surface area contributed by atoms with Crippen molar-refractivity contribution >= 4 is 0 Å². The van der Waals surface area contributed by atoms with Gasteiger partial charge in [-0.3, -0.25) is 0 Å². The molecule has 41 heavy (non-hydrogen) atoms. The second kappa shape index (κ2) is 11.8. The number of hydrogen-bond acceptors (Lipinski definition) is 5. The van der Waals surface area contributed by atoms with Crippen molar-refractivity contribution in [1.29, 1.82) is 0 Å². The summed E-state index contributed by atoms with van der Waals surface area (Å²) in [6.07, 6.45) is -9.93. The van der Waals surface area contributed by atoms with E-state index >= 15 is 0 Å². The normalized spacial score (nSPS) is 28.2. The summed E-state index contributed by atoms with van der Waals surface area (Å²) in [6.45, 7) is 5.05. The van der Waals surface area contributed by atoms with Gasteiger partial charge in [-0.05, 0) is 74.5 Å². The van der Waals surface area contributed by atoms with Crippen molar-refractivity contribution in [2.75, 3.05) is 39.5 Å². The zero-order valence-corrected chi connectivity index (χ0v) is 22.8. The van der Waals surface area contributed by atoms with Crippen LogP contribution in [0.2, 0.25) is 0 Å². The van der Waals surface area contributed by atoms with Gasteiger partial charge in [0.05, 0.1) is 43.2 Å². The molecule has 2 aromatic carbocycles. The molecular weight excluding hydrogens is 552 g/mol. The van der Waals surface area contributed by atoms with Gasteiger partial charge in [0.15, 0.2) is 6.29 Å². The van der Waals surface area contributed by atoms with Gasteiger partial charge in [-0.2, -0.15) is 26.3 Å². The maximum Gasteiger partial charge on any atom is 0.416 e. The van der Waals surface area contributed by atoms with Crippen molar-refractivity contribution in [1.82, 2.24) is 4.90 Å². The van der Waals surface area contributed by atoms with Crippen molar-refractivity contribution in [2.24, 2.45) is 11.3 Å². The molecule has 0 radical (unpaired) electrons. The molecule has 0 amide bonds. The number of rotatable bonds is 6. The molecule has 3 heterocycles. The maximum atomic E-state index is 13.5. The Bertz CT molecular complexity index is 1130. The Labute approximate surface area is 235 Å². The number of aliphatic hydroxyl groups excluding tert-OH is 1. The van der Waals surface area contributed by atoms with E-state index in [4.69, 9.17) is 14.2 Å². The van der Waals surface area contributed by atoms with E-state index in [-0.39, 0.29) is 28.9 Å². The first-order chi connectivity index (χ1) is 19.4. The first kappa shape index (κ1) is 30.3. The van der Waals surface area contributed by atoms with Crippen LogP contribution in [-0.2, 0) is 26.6 Å². The van der Waals surface area contributed by atoms with Crippen molar-refractivity contribution in [2.45, 2.75) is 63.0 Å². The van der Waals surface area contributed by atoms with Crippen LogP contribution in [0.4, 0.5) is 26.3 Å². The summed E-state index contributed by atoms with van der Waals surface area (Å²) in [5, 5.41) is 10.4. The number of likely N-dealkylation sites (tertiary alicyclic amines) is 1. The summed E-state index contributed by atoms with van der Waals surface area (Å²) in [6, 6.07) is 11.1. The summed E-state index contributed by atoms with van der Waals surface area (Å²) in [7, 11) is 0. The van der Waals surface area contributed by atoms with E-state index in [0.717, 1.165) is 44.5 Å². The summed E-state index contributed by atoms with van der Waals surface area (Å²) in [4.78, 5) is 2.35. The smallest absolute Gasteiger partial charge is 0.390 e. The van der Waals surface area contributed by atoms with E-state index in [1.165, 1.54) is 6.92 Å². The van der Waals surface area contributed by atoms with Gasteiger partial charge in [-0.25, -0.2) is 0 Å². The highest BCUT2D eigenvalue weighted by molar-refractivity contribution is 5.35. The highest BCUT2D eigenvalue weighted by Crippen LogP contribution is 2.43. The number of halogens is 6. The summed E-state index contributed by atoms with van der Waals surface area (Å²) >= 11 is 0. The second-order valence-corrected chi connectivity index (χ2v) is 11.5. The second-order valence-electron chi connectivity index (χ2n) is 11.5. The molecule has 5 nitrogen and oxygen atoms in total. The molecule has 2 aromatic rings. The highest BCUT2D eigenvalue weighted by atomic mass is 19.4. The van der Waals surface area contributed by atoms with Crippen LogP contribution in [0, 0.1) is 11.3 Å². The lowest BCUT2D eigenvalue weighted by Gasteiger charge is -2.44. The zero-order chi connectivity index (χ0) is 29.4. The monoisotopic (exact) mass is 587 g/mol. The number of aliphatic hydroxyl groups is 1. The van der Waals surface area contributed by atoms with Crippen LogP contribution in [0.15, 0.2) is 48.5 Å². The number of nitrogens with zero attached hydrogens (tertiary/aromatic N) is 1. The van der Waals surface area contributed by atoms with E-state index in [1.54, 1.807) is 0 Å². The predicted octanol–water partition coefficient (Wildman–Crippen LogP) is 6.42. The Morgan fingerprint density at radius 3 is 2.20 bits per heavy atom. The molecule has 226 valence electrons. The number of piperidine rings is 1. The maximum absolute atomic E-state index is 13.5. The lowest BCUT2D eigenvalue weighted by Crippen LogP contribution is -2.49. The predicted molar refractivity (Wildman–Crippen MR) is 138 cm³/mol. The van der Waals surface area contributed by atoms with Crippen LogP contribution < -0.4 is 0 Å². The van der Waals surface area contributed by atoms with Crippen molar-refractivity contribution in [3.8, 4) is 0 Å². The fraction of sp³-hybridized carbons (Fsp3) is 0.600. The Kier molecular flexibility index (Phi) is 8.74. The Morgan fingerprint density at radius 2 is 1.63 bits per heavy atom. The molecular formula is C30H35F6NO4. The van der Waals surface area contributed by atoms with Crippen molar-refractivity contribution in [3.05, 3.63) is 70.8 Å². The van der Waals surface area contributed by atoms with Crippen molar-refractivity contribution < 1.29 is 45.7 Å². The minimum atomic E-state index is -4.94. The highest BCUT2D eigenvalue weighted by Gasteiger charge is 2.46.